The third-order valence-electron chi connectivity index (χ3n) is 3.19. The zero-order valence-corrected chi connectivity index (χ0v) is 10.8. The van der Waals surface area contributed by atoms with Crippen LogP contribution in [-0.2, 0) is 0 Å². The molecule has 0 radical (unpaired) electrons. The first-order chi connectivity index (χ1) is 9.33. The monoisotopic (exact) mass is 266 g/mol. The second-order valence-electron chi connectivity index (χ2n) is 4.39. The maximum atomic E-state index is 9.63. The van der Waals surface area contributed by atoms with Gasteiger partial charge < -0.3 is 5.11 Å². The molecule has 0 aliphatic rings. The summed E-state index contributed by atoms with van der Waals surface area (Å²) in [7, 11) is 0. The lowest BCUT2D eigenvalue weighted by Gasteiger charge is -2.01. The van der Waals surface area contributed by atoms with Gasteiger partial charge in [0.25, 0.3) is 0 Å². The van der Waals surface area contributed by atoms with Crippen LogP contribution >= 0.6 is 11.3 Å². The van der Waals surface area contributed by atoms with Crippen molar-refractivity contribution < 1.29 is 5.11 Å². The minimum atomic E-state index is 0.279. The molecule has 3 nitrogen and oxygen atoms in total. The number of aromatic hydroxyl groups is 1. The van der Waals surface area contributed by atoms with Crippen LogP contribution in [-0.4, -0.2) is 14.5 Å². The summed E-state index contributed by atoms with van der Waals surface area (Å²) in [4.78, 5) is 5.57. The summed E-state index contributed by atoms with van der Waals surface area (Å²) in [5.74, 6) is 0.279. The maximum absolute atomic E-state index is 9.63. The summed E-state index contributed by atoms with van der Waals surface area (Å²) >= 11 is 1.61. The fourth-order valence-corrected chi connectivity index (χ4v) is 3.25. The van der Waals surface area contributed by atoms with Gasteiger partial charge in [-0.15, -0.1) is 11.3 Å². The van der Waals surface area contributed by atoms with E-state index in [1.54, 1.807) is 23.5 Å². The zero-order valence-electron chi connectivity index (χ0n) is 9.95. The Morgan fingerprint density at radius 1 is 1.05 bits per heavy atom. The van der Waals surface area contributed by atoms with Gasteiger partial charge in [-0.1, -0.05) is 24.3 Å². The molecule has 0 aliphatic carbocycles. The van der Waals surface area contributed by atoms with Crippen molar-refractivity contribution in [2.45, 2.75) is 0 Å². The molecule has 92 valence electrons. The molecule has 4 aromatic rings. The third-order valence-corrected chi connectivity index (χ3v) is 4.01. The zero-order chi connectivity index (χ0) is 12.8. The molecule has 4 heteroatoms. The largest absolute Gasteiger partial charge is 0.508 e. The first-order valence-electron chi connectivity index (χ1n) is 5.97. The first kappa shape index (κ1) is 10.6. The van der Waals surface area contributed by atoms with Gasteiger partial charge in [0.2, 0.25) is 0 Å². The summed E-state index contributed by atoms with van der Waals surface area (Å²) in [6.45, 7) is 0. The standard InChI is InChI=1S/C15H10N2OS/c18-11-5-3-4-10(8-11)14-9-19-15-16-12-6-1-2-7-13(12)17(14)15/h1-9,18H. The molecule has 0 unspecified atom stereocenters. The van der Waals surface area contributed by atoms with Gasteiger partial charge in [0, 0.05) is 10.9 Å². The van der Waals surface area contributed by atoms with Crippen molar-refractivity contribution in [3.05, 3.63) is 53.9 Å². The number of thiazole rings is 1. The Bertz CT molecular complexity index is 891. The molecule has 0 bridgehead atoms. The van der Waals surface area contributed by atoms with Crippen molar-refractivity contribution in [1.29, 1.82) is 0 Å². The number of hydrogen-bond donors (Lipinski definition) is 1. The Hall–Kier alpha value is -2.33. The van der Waals surface area contributed by atoms with Crippen LogP contribution in [0.15, 0.2) is 53.9 Å². The Morgan fingerprint density at radius 2 is 1.95 bits per heavy atom. The Morgan fingerprint density at radius 3 is 2.84 bits per heavy atom. The van der Waals surface area contributed by atoms with Crippen molar-refractivity contribution in [1.82, 2.24) is 9.38 Å². The number of nitrogens with zero attached hydrogens (tertiary/aromatic N) is 2. The quantitative estimate of drug-likeness (QED) is 0.567. The molecule has 0 saturated carbocycles. The SMILES string of the molecule is Oc1cccc(-c2csc3nc4ccccc4n23)c1. The first-order valence-corrected chi connectivity index (χ1v) is 6.85. The third kappa shape index (κ3) is 1.54. The van der Waals surface area contributed by atoms with E-state index >= 15 is 0 Å². The van der Waals surface area contributed by atoms with Crippen LogP contribution in [0.4, 0.5) is 0 Å². The van der Waals surface area contributed by atoms with Gasteiger partial charge in [0.05, 0.1) is 16.7 Å². The Labute approximate surface area is 113 Å². The lowest BCUT2D eigenvalue weighted by molar-refractivity contribution is 0.475. The number of aromatic nitrogens is 2. The van der Waals surface area contributed by atoms with Crippen LogP contribution in [0, 0.1) is 0 Å². The van der Waals surface area contributed by atoms with Gasteiger partial charge in [-0.25, -0.2) is 4.98 Å². The average molecular weight is 266 g/mol. The second kappa shape index (κ2) is 3.83. The molecule has 0 amide bonds. The minimum absolute atomic E-state index is 0.279. The van der Waals surface area contributed by atoms with E-state index in [-0.39, 0.29) is 5.75 Å². The normalized spacial score (nSPS) is 11.4. The topological polar surface area (TPSA) is 37.5 Å². The van der Waals surface area contributed by atoms with Crippen LogP contribution in [0.2, 0.25) is 0 Å². The van der Waals surface area contributed by atoms with Gasteiger partial charge in [-0.3, -0.25) is 4.40 Å². The van der Waals surface area contributed by atoms with Crippen molar-refractivity contribution in [3.63, 3.8) is 0 Å². The van der Waals surface area contributed by atoms with Crippen molar-refractivity contribution in [3.8, 4) is 17.0 Å². The van der Waals surface area contributed by atoms with Gasteiger partial charge in [-0.05, 0) is 24.3 Å². The number of rotatable bonds is 1. The lowest BCUT2D eigenvalue weighted by atomic mass is 10.1. The fourth-order valence-electron chi connectivity index (χ4n) is 2.34. The number of phenols is 1. The molecule has 0 spiro atoms. The van der Waals surface area contributed by atoms with Gasteiger partial charge in [0.15, 0.2) is 4.96 Å². The minimum Gasteiger partial charge on any atom is -0.508 e. The molecule has 2 aromatic carbocycles. The molecule has 4 rings (SSSR count). The number of benzene rings is 2. The lowest BCUT2D eigenvalue weighted by Crippen LogP contribution is -1.85. The highest BCUT2D eigenvalue weighted by Crippen LogP contribution is 2.31. The smallest absolute Gasteiger partial charge is 0.195 e. The molecule has 1 N–H and O–H groups in total. The molecule has 2 aromatic heterocycles. The van der Waals surface area contributed by atoms with E-state index in [1.807, 2.05) is 30.3 Å². The van der Waals surface area contributed by atoms with Crippen LogP contribution in [0.3, 0.4) is 0 Å². The Kier molecular flexibility index (Phi) is 2.13. The highest BCUT2D eigenvalue weighted by Gasteiger charge is 2.11. The van der Waals surface area contributed by atoms with E-state index in [2.05, 4.69) is 20.8 Å². The maximum Gasteiger partial charge on any atom is 0.195 e. The van der Waals surface area contributed by atoms with Crippen molar-refractivity contribution >= 4 is 27.3 Å². The molecule has 2 heterocycles. The Balaban J connectivity index is 2.10. The highest BCUT2D eigenvalue weighted by atomic mass is 32.1. The van der Waals surface area contributed by atoms with Gasteiger partial charge >= 0.3 is 0 Å². The van der Waals surface area contributed by atoms with Gasteiger partial charge in [-0.2, -0.15) is 0 Å². The van der Waals surface area contributed by atoms with Crippen molar-refractivity contribution in [2.24, 2.45) is 0 Å². The molecule has 0 atom stereocenters. The summed E-state index contributed by atoms with van der Waals surface area (Å²) in [6.07, 6.45) is 0. The molecule has 0 saturated heterocycles. The van der Waals surface area contributed by atoms with E-state index < -0.39 is 0 Å². The van der Waals surface area contributed by atoms with E-state index in [1.165, 1.54) is 0 Å². The van der Waals surface area contributed by atoms with Crippen LogP contribution in [0.5, 0.6) is 5.75 Å². The summed E-state index contributed by atoms with van der Waals surface area (Å²) in [6, 6.07) is 15.4. The molecule has 0 aliphatic heterocycles. The van der Waals surface area contributed by atoms with E-state index in [0.29, 0.717) is 0 Å². The summed E-state index contributed by atoms with van der Waals surface area (Å²) in [5, 5.41) is 11.7. The van der Waals surface area contributed by atoms with Crippen LogP contribution in [0.1, 0.15) is 0 Å². The van der Waals surface area contributed by atoms with E-state index in [4.69, 9.17) is 0 Å². The molecule has 19 heavy (non-hydrogen) atoms. The molecule has 0 fully saturated rings. The van der Waals surface area contributed by atoms with E-state index in [9.17, 15) is 5.11 Å². The van der Waals surface area contributed by atoms with E-state index in [0.717, 1.165) is 27.3 Å². The number of para-hydroxylation sites is 2. The predicted molar refractivity (Wildman–Crippen MR) is 77.7 cm³/mol. The highest BCUT2D eigenvalue weighted by molar-refractivity contribution is 7.15. The fraction of sp³-hybridized carbons (Fsp3) is 0. The van der Waals surface area contributed by atoms with Gasteiger partial charge in [0.1, 0.15) is 5.75 Å². The molecular formula is C15H10N2OS. The number of fused-ring (bicyclic) bond motifs is 3. The average Bonchev–Trinajstić information content (AvgIpc) is 2.97. The van der Waals surface area contributed by atoms with Crippen LogP contribution in [0.25, 0.3) is 27.3 Å². The van der Waals surface area contributed by atoms with Crippen LogP contribution < -0.4 is 0 Å². The second-order valence-corrected chi connectivity index (χ2v) is 5.23. The number of imidazole rings is 1. The number of hydrogen-bond acceptors (Lipinski definition) is 3. The number of phenolic OH excluding ortho intramolecular Hbond substituents is 1. The molecular weight excluding hydrogens is 256 g/mol. The predicted octanol–water partition coefficient (Wildman–Crippen LogP) is 3.92. The summed E-state index contributed by atoms with van der Waals surface area (Å²) < 4.78 is 2.13. The van der Waals surface area contributed by atoms with Crippen molar-refractivity contribution in [2.75, 3.05) is 0 Å². The summed E-state index contributed by atoms with van der Waals surface area (Å²) in [5.41, 5.74) is 4.15.